The number of rotatable bonds is 4. The van der Waals surface area contributed by atoms with E-state index in [0.29, 0.717) is 11.8 Å². The summed E-state index contributed by atoms with van der Waals surface area (Å²) >= 11 is 12.3. The molecule has 1 atom stereocenters. The number of aryl methyl sites for hydroxylation is 1. The molecule has 3 nitrogen and oxygen atoms in total. The van der Waals surface area contributed by atoms with Crippen LogP contribution in [-0.4, -0.2) is 40.5 Å². The topological polar surface area (TPSA) is 21.1 Å². The van der Waals surface area contributed by atoms with Crippen molar-refractivity contribution >= 4 is 34.2 Å². The summed E-state index contributed by atoms with van der Waals surface area (Å²) in [5.41, 5.74) is 2.04. The van der Waals surface area contributed by atoms with Gasteiger partial charge in [0, 0.05) is 25.4 Å². The fourth-order valence-electron chi connectivity index (χ4n) is 3.10. The summed E-state index contributed by atoms with van der Waals surface area (Å²) in [5.74, 6) is 2.31. The maximum Gasteiger partial charge on any atom is 0.111 e. The van der Waals surface area contributed by atoms with Crippen molar-refractivity contribution in [1.82, 2.24) is 14.5 Å². The number of likely N-dealkylation sites (tertiary alicyclic amines) is 1. The largest absolute Gasteiger partial charge is 0.326 e. The molecule has 0 N–H and O–H groups in total. The van der Waals surface area contributed by atoms with Gasteiger partial charge >= 0.3 is 0 Å². The number of hydrogen-bond donors (Lipinski definition) is 0. The summed E-state index contributed by atoms with van der Waals surface area (Å²) in [4.78, 5) is 7.09. The van der Waals surface area contributed by atoms with E-state index in [1.807, 2.05) is 18.2 Å². The van der Waals surface area contributed by atoms with Crippen molar-refractivity contribution in [3.8, 4) is 0 Å². The zero-order valence-electron chi connectivity index (χ0n) is 11.6. The van der Waals surface area contributed by atoms with Crippen LogP contribution in [-0.2, 0) is 13.0 Å². The molecule has 0 bridgehead atoms. The number of halogens is 2. The molecule has 0 amide bonds. The number of para-hydroxylation sites is 1. The standard InChI is InChI=1S/C15H19Cl2N3/c1-19-8-6-11(9-19)10-20-14(5-7-16)18-13-4-2-3-12(17)15(13)20/h2-4,11H,5-10H2,1H3. The van der Waals surface area contributed by atoms with E-state index >= 15 is 0 Å². The van der Waals surface area contributed by atoms with Gasteiger partial charge in [-0.1, -0.05) is 17.7 Å². The molecule has 3 rings (SSSR count). The first-order valence-corrected chi connectivity index (χ1v) is 7.98. The molecule has 1 aromatic carbocycles. The molecular weight excluding hydrogens is 293 g/mol. The smallest absolute Gasteiger partial charge is 0.111 e. The second kappa shape index (κ2) is 5.92. The third kappa shape index (κ3) is 2.67. The number of hydrogen-bond acceptors (Lipinski definition) is 2. The molecule has 1 unspecified atom stereocenters. The van der Waals surface area contributed by atoms with Crippen LogP contribution < -0.4 is 0 Å². The van der Waals surface area contributed by atoms with Crippen molar-refractivity contribution in [3.63, 3.8) is 0 Å². The number of aromatic nitrogens is 2. The summed E-state index contributed by atoms with van der Waals surface area (Å²) in [5, 5.41) is 0.780. The monoisotopic (exact) mass is 311 g/mol. The average molecular weight is 312 g/mol. The molecule has 0 aliphatic carbocycles. The Labute approximate surface area is 129 Å². The first kappa shape index (κ1) is 14.2. The van der Waals surface area contributed by atoms with Crippen LogP contribution in [0.5, 0.6) is 0 Å². The van der Waals surface area contributed by atoms with Gasteiger partial charge in [-0.3, -0.25) is 0 Å². The molecule has 1 aliphatic rings. The van der Waals surface area contributed by atoms with Gasteiger partial charge < -0.3 is 9.47 Å². The average Bonchev–Trinajstić information content (AvgIpc) is 2.96. The predicted octanol–water partition coefficient (Wildman–Crippen LogP) is 3.42. The third-order valence-corrected chi connectivity index (χ3v) is 4.54. The summed E-state index contributed by atoms with van der Waals surface area (Å²) < 4.78 is 2.28. The summed E-state index contributed by atoms with van der Waals surface area (Å²) in [6.07, 6.45) is 2.02. The van der Waals surface area contributed by atoms with Crippen molar-refractivity contribution in [1.29, 1.82) is 0 Å². The quantitative estimate of drug-likeness (QED) is 0.807. The second-order valence-electron chi connectivity index (χ2n) is 5.60. The van der Waals surface area contributed by atoms with Crippen LogP contribution in [0.3, 0.4) is 0 Å². The van der Waals surface area contributed by atoms with Crippen molar-refractivity contribution < 1.29 is 0 Å². The lowest BCUT2D eigenvalue weighted by molar-refractivity contribution is 0.378. The molecule has 5 heteroatoms. The van der Waals surface area contributed by atoms with E-state index in [2.05, 4.69) is 16.5 Å². The van der Waals surface area contributed by atoms with Gasteiger partial charge in [0.2, 0.25) is 0 Å². The highest BCUT2D eigenvalue weighted by atomic mass is 35.5. The Hall–Kier alpha value is -0.770. The summed E-state index contributed by atoms with van der Waals surface area (Å²) in [7, 11) is 2.18. The minimum Gasteiger partial charge on any atom is -0.326 e. The second-order valence-corrected chi connectivity index (χ2v) is 6.39. The first-order chi connectivity index (χ1) is 9.69. The first-order valence-electron chi connectivity index (χ1n) is 7.07. The summed E-state index contributed by atoms with van der Waals surface area (Å²) in [6, 6.07) is 5.92. The lowest BCUT2D eigenvalue weighted by atomic mass is 10.1. The van der Waals surface area contributed by atoms with Crippen LogP contribution in [0.2, 0.25) is 5.02 Å². The van der Waals surface area contributed by atoms with Gasteiger partial charge in [0.1, 0.15) is 5.82 Å². The van der Waals surface area contributed by atoms with Gasteiger partial charge in [0.05, 0.1) is 16.1 Å². The van der Waals surface area contributed by atoms with Gasteiger partial charge in [0.15, 0.2) is 0 Å². The molecule has 20 heavy (non-hydrogen) atoms. The fraction of sp³-hybridized carbons (Fsp3) is 0.533. The highest BCUT2D eigenvalue weighted by molar-refractivity contribution is 6.35. The van der Waals surface area contributed by atoms with Crippen molar-refractivity contribution in [2.45, 2.75) is 19.4 Å². The van der Waals surface area contributed by atoms with E-state index in [4.69, 9.17) is 28.2 Å². The van der Waals surface area contributed by atoms with Crippen LogP contribution in [0, 0.1) is 5.92 Å². The van der Waals surface area contributed by atoms with E-state index in [0.717, 1.165) is 41.4 Å². The minimum atomic E-state index is 0.589. The Kier molecular flexibility index (Phi) is 4.20. The van der Waals surface area contributed by atoms with Crippen LogP contribution in [0.25, 0.3) is 11.0 Å². The molecule has 0 saturated carbocycles. The summed E-state index contributed by atoms with van der Waals surface area (Å²) in [6.45, 7) is 3.30. The predicted molar refractivity (Wildman–Crippen MR) is 84.8 cm³/mol. The van der Waals surface area contributed by atoms with E-state index < -0.39 is 0 Å². The molecule has 2 heterocycles. The Morgan fingerprint density at radius 2 is 2.25 bits per heavy atom. The Morgan fingerprint density at radius 1 is 1.40 bits per heavy atom. The molecule has 0 radical (unpaired) electrons. The van der Waals surface area contributed by atoms with Crippen LogP contribution in [0.15, 0.2) is 18.2 Å². The lowest BCUT2D eigenvalue weighted by Gasteiger charge is -2.15. The van der Waals surface area contributed by atoms with E-state index in [1.54, 1.807) is 0 Å². The molecule has 0 spiro atoms. The van der Waals surface area contributed by atoms with Gasteiger partial charge in [-0.15, -0.1) is 11.6 Å². The Balaban J connectivity index is 1.99. The lowest BCUT2D eigenvalue weighted by Crippen LogP contribution is -2.18. The number of fused-ring (bicyclic) bond motifs is 1. The number of alkyl halides is 1. The fourth-order valence-corrected chi connectivity index (χ4v) is 3.54. The Bertz CT molecular complexity index is 608. The number of imidazole rings is 1. The SMILES string of the molecule is CN1CCC(Cn2c(CCCl)nc3cccc(Cl)c32)C1. The van der Waals surface area contributed by atoms with Gasteiger partial charge in [-0.2, -0.15) is 0 Å². The Morgan fingerprint density at radius 3 is 2.95 bits per heavy atom. The van der Waals surface area contributed by atoms with Crippen LogP contribution in [0.4, 0.5) is 0 Å². The van der Waals surface area contributed by atoms with Crippen molar-refractivity contribution in [2.75, 3.05) is 26.0 Å². The molecule has 1 aromatic heterocycles. The van der Waals surface area contributed by atoms with E-state index in [9.17, 15) is 0 Å². The molecule has 2 aromatic rings. The zero-order chi connectivity index (χ0) is 14.1. The number of benzene rings is 1. The zero-order valence-corrected chi connectivity index (χ0v) is 13.2. The molecular formula is C15H19Cl2N3. The minimum absolute atomic E-state index is 0.589. The highest BCUT2D eigenvalue weighted by Gasteiger charge is 2.22. The molecule has 108 valence electrons. The van der Waals surface area contributed by atoms with Gasteiger partial charge in [-0.25, -0.2) is 4.98 Å². The molecule has 1 aliphatic heterocycles. The number of nitrogens with zero attached hydrogens (tertiary/aromatic N) is 3. The van der Waals surface area contributed by atoms with E-state index in [-0.39, 0.29) is 0 Å². The van der Waals surface area contributed by atoms with Gasteiger partial charge in [-0.05, 0) is 38.1 Å². The third-order valence-electron chi connectivity index (χ3n) is 4.04. The maximum absolute atomic E-state index is 6.39. The normalized spacial score (nSPS) is 20.1. The van der Waals surface area contributed by atoms with Crippen LogP contribution >= 0.6 is 23.2 Å². The van der Waals surface area contributed by atoms with Gasteiger partial charge in [0.25, 0.3) is 0 Å². The van der Waals surface area contributed by atoms with Crippen LogP contribution in [0.1, 0.15) is 12.2 Å². The molecule has 1 fully saturated rings. The van der Waals surface area contributed by atoms with E-state index in [1.165, 1.54) is 13.0 Å². The van der Waals surface area contributed by atoms with Crippen molar-refractivity contribution in [3.05, 3.63) is 29.0 Å². The maximum atomic E-state index is 6.39. The molecule has 1 saturated heterocycles. The highest BCUT2D eigenvalue weighted by Crippen LogP contribution is 2.27. The van der Waals surface area contributed by atoms with Crippen molar-refractivity contribution in [2.24, 2.45) is 5.92 Å².